The van der Waals surface area contributed by atoms with Crippen LogP contribution in [0.5, 0.6) is 0 Å². The van der Waals surface area contributed by atoms with Crippen molar-refractivity contribution in [3.63, 3.8) is 0 Å². The number of pyridine rings is 1. The molecule has 0 saturated carbocycles. The van der Waals surface area contributed by atoms with Gasteiger partial charge in [0, 0.05) is 32.1 Å². The number of aryl methyl sites for hydroxylation is 2. The largest absolute Gasteiger partial charge is 0.378 e. The van der Waals surface area contributed by atoms with Gasteiger partial charge in [0.2, 0.25) is 0 Å². The minimum Gasteiger partial charge on any atom is -0.378 e. The first-order valence-corrected chi connectivity index (χ1v) is 8.53. The molecule has 0 bridgehead atoms. The van der Waals surface area contributed by atoms with E-state index in [1.165, 1.54) is 0 Å². The van der Waals surface area contributed by atoms with Gasteiger partial charge in [0.05, 0.1) is 35.6 Å². The Morgan fingerprint density at radius 3 is 2.81 bits per heavy atom. The first-order chi connectivity index (χ1) is 13.2. The second kappa shape index (κ2) is 7.12. The lowest BCUT2D eigenvalue weighted by Crippen LogP contribution is -2.05. The number of H-pyrrole nitrogens is 1. The topological polar surface area (TPSA) is 106 Å². The standard InChI is InChI=1S/C18H20N8O/c1-11-15-17(20-9-13-8-14(10-27-3)24-23-13)21-16(12-4-6-19-7-5-12)22-18(15)26(2)25-11/h4-8H,9-10H2,1-3H3,(H,23,24)(H,20,21,22). The Bertz CT molecular complexity index is 1070. The lowest BCUT2D eigenvalue weighted by Gasteiger charge is -2.09. The Labute approximate surface area is 155 Å². The number of hydrogen-bond acceptors (Lipinski definition) is 7. The molecule has 2 N–H and O–H groups in total. The average Bonchev–Trinajstić information content (AvgIpc) is 3.25. The molecule has 0 atom stereocenters. The Morgan fingerprint density at radius 2 is 2.04 bits per heavy atom. The first kappa shape index (κ1) is 17.1. The van der Waals surface area contributed by atoms with Crippen LogP contribution in [0, 0.1) is 6.92 Å². The molecule has 4 aromatic heterocycles. The minimum atomic E-state index is 0.474. The monoisotopic (exact) mass is 364 g/mol. The van der Waals surface area contributed by atoms with Gasteiger partial charge in [-0.05, 0) is 25.1 Å². The number of methoxy groups -OCH3 is 1. The number of hydrogen-bond donors (Lipinski definition) is 2. The van der Waals surface area contributed by atoms with Crippen molar-refractivity contribution in [3.05, 3.63) is 47.7 Å². The number of aromatic nitrogens is 7. The molecule has 9 nitrogen and oxygen atoms in total. The number of rotatable bonds is 6. The van der Waals surface area contributed by atoms with Gasteiger partial charge in [0.25, 0.3) is 0 Å². The van der Waals surface area contributed by atoms with Crippen molar-refractivity contribution in [3.8, 4) is 11.4 Å². The number of anilines is 1. The fourth-order valence-electron chi connectivity index (χ4n) is 3.00. The molecule has 0 aliphatic rings. The quantitative estimate of drug-likeness (QED) is 0.540. The van der Waals surface area contributed by atoms with Crippen molar-refractivity contribution >= 4 is 16.9 Å². The molecule has 0 saturated heterocycles. The number of nitrogens with zero attached hydrogens (tertiary/aromatic N) is 6. The molecule has 4 aromatic rings. The summed E-state index contributed by atoms with van der Waals surface area (Å²) in [6, 6.07) is 5.74. The molecule has 4 rings (SSSR count). The van der Waals surface area contributed by atoms with Crippen LogP contribution < -0.4 is 5.32 Å². The van der Waals surface area contributed by atoms with Gasteiger partial charge in [-0.3, -0.25) is 14.8 Å². The van der Waals surface area contributed by atoms with Crippen molar-refractivity contribution in [2.75, 3.05) is 12.4 Å². The minimum absolute atomic E-state index is 0.474. The van der Waals surface area contributed by atoms with Crippen LogP contribution in [-0.2, 0) is 24.9 Å². The lowest BCUT2D eigenvalue weighted by atomic mass is 10.2. The molecule has 0 aliphatic heterocycles. The number of ether oxygens (including phenoxy) is 1. The highest BCUT2D eigenvalue weighted by atomic mass is 16.5. The molecule has 0 fully saturated rings. The molecule has 0 aliphatic carbocycles. The van der Waals surface area contributed by atoms with Gasteiger partial charge in [-0.25, -0.2) is 9.97 Å². The average molecular weight is 364 g/mol. The van der Waals surface area contributed by atoms with Crippen molar-refractivity contribution in [2.24, 2.45) is 7.05 Å². The predicted molar refractivity (Wildman–Crippen MR) is 101 cm³/mol. The third kappa shape index (κ3) is 3.36. The van der Waals surface area contributed by atoms with Crippen molar-refractivity contribution in [1.29, 1.82) is 0 Å². The van der Waals surface area contributed by atoms with Crippen LogP contribution in [0.25, 0.3) is 22.4 Å². The highest BCUT2D eigenvalue weighted by molar-refractivity contribution is 5.90. The molecular formula is C18H20N8O. The second-order valence-electron chi connectivity index (χ2n) is 6.21. The molecule has 0 unspecified atom stereocenters. The summed E-state index contributed by atoms with van der Waals surface area (Å²) >= 11 is 0. The molecule has 0 aromatic carbocycles. The van der Waals surface area contributed by atoms with Crippen molar-refractivity contribution in [1.82, 2.24) is 34.9 Å². The molecule has 0 amide bonds. The molecule has 4 heterocycles. The van der Waals surface area contributed by atoms with E-state index in [1.54, 1.807) is 24.2 Å². The van der Waals surface area contributed by atoms with Crippen LogP contribution in [0.3, 0.4) is 0 Å². The molecular weight excluding hydrogens is 344 g/mol. The van der Waals surface area contributed by atoms with E-state index in [2.05, 4.69) is 25.6 Å². The summed E-state index contributed by atoms with van der Waals surface area (Å²) in [5, 5.41) is 16.0. The van der Waals surface area contributed by atoms with Gasteiger partial charge >= 0.3 is 0 Å². The van der Waals surface area contributed by atoms with Gasteiger partial charge in [0.15, 0.2) is 11.5 Å². The Kier molecular flexibility index (Phi) is 4.51. The third-order valence-electron chi connectivity index (χ3n) is 4.22. The van der Waals surface area contributed by atoms with Crippen molar-refractivity contribution in [2.45, 2.75) is 20.1 Å². The number of fused-ring (bicyclic) bond motifs is 1. The molecule has 0 spiro atoms. The maximum Gasteiger partial charge on any atom is 0.164 e. The third-order valence-corrected chi connectivity index (χ3v) is 4.22. The summed E-state index contributed by atoms with van der Waals surface area (Å²) < 4.78 is 6.88. The van der Waals surface area contributed by atoms with Crippen molar-refractivity contribution < 1.29 is 4.74 Å². The maximum atomic E-state index is 5.11. The summed E-state index contributed by atoms with van der Waals surface area (Å²) in [4.78, 5) is 13.5. The predicted octanol–water partition coefficient (Wildman–Crippen LogP) is 2.22. The van der Waals surface area contributed by atoms with Crippen LogP contribution in [0.4, 0.5) is 5.82 Å². The van der Waals surface area contributed by atoms with Crippen LogP contribution >= 0.6 is 0 Å². The highest BCUT2D eigenvalue weighted by Crippen LogP contribution is 2.27. The lowest BCUT2D eigenvalue weighted by molar-refractivity contribution is 0.181. The highest BCUT2D eigenvalue weighted by Gasteiger charge is 2.16. The van der Waals surface area contributed by atoms with E-state index in [0.29, 0.717) is 19.0 Å². The van der Waals surface area contributed by atoms with Gasteiger partial charge in [0.1, 0.15) is 5.82 Å². The number of aromatic amines is 1. The second-order valence-corrected chi connectivity index (χ2v) is 6.21. The molecule has 0 radical (unpaired) electrons. The van der Waals surface area contributed by atoms with Crippen LogP contribution in [-0.4, -0.2) is 42.0 Å². The Hall–Kier alpha value is -3.33. The summed E-state index contributed by atoms with van der Waals surface area (Å²) in [6.07, 6.45) is 3.46. The van der Waals surface area contributed by atoms with E-state index in [9.17, 15) is 0 Å². The Balaban J connectivity index is 1.71. The van der Waals surface area contributed by atoms with E-state index in [-0.39, 0.29) is 0 Å². The van der Waals surface area contributed by atoms with E-state index in [1.807, 2.05) is 32.2 Å². The fraction of sp³-hybridized carbons (Fsp3) is 0.278. The maximum absolute atomic E-state index is 5.11. The van der Waals surface area contributed by atoms with Gasteiger partial charge < -0.3 is 10.1 Å². The normalized spacial score (nSPS) is 11.2. The summed E-state index contributed by atoms with van der Waals surface area (Å²) in [5.41, 5.74) is 4.36. The van der Waals surface area contributed by atoms with E-state index < -0.39 is 0 Å². The smallest absolute Gasteiger partial charge is 0.164 e. The Morgan fingerprint density at radius 1 is 1.22 bits per heavy atom. The fourth-order valence-corrected chi connectivity index (χ4v) is 3.00. The molecule has 138 valence electrons. The molecule has 9 heteroatoms. The van der Waals surface area contributed by atoms with E-state index >= 15 is 0 Å². The van der Waals surface area contributed by atoms with E-state index in [0.717, 1.165) is 39.5 Å². The summed E-state index contributed by atoms with van der Waals surface area (Å²) in [7, 11) is 3.53. The van der Waals surface area contributed by atoms with Crippen LogP contribution in [0.2, 0.25) is 0 Å². The SMILES string of the molecule is COCc1cc(CNc2nc(-c3ccncc3)nc3c2c(C)nn3C)[nH]n1. The zero-order valence-electron chi connectivity index (χ0n) is 15.4. The zero-order valence-corrected chi connectivity index (χ0v) is 15.4. The zero-order chi connectivity index (χ0) is 18.8. The number of nitrogens with one attached hydrogen (secondary N) is 2. The van der Waals surface area contributed by atoms with Crippen LogP contribution in [0.1, 0.15) is 17.1 Å². The van der Waals surface area contributed by atoms with Crippen LogP contribution in [0.15, 0.2) is 30.6 Å². The van der Waals surface area contributed by atoms with E-state index in [4.69, 9.17) is 14.7 Å². The summed E-state index contributed by atoms with van der Waals surface area (Å²) in [5.74, 6) is 1.36. The summed E-state index contributed by atoms with van der Waals surface area (Å²) in [6.45, 7) is 2.98. The van der Waals surface area contributed by atoms with Gasteiger partial charge in [-0.1, -0.05) is 0 Å². The van der Waals surface area contributed by atoms with Gasteiger partial charge in [-0.15, -0.1) is 0 Å². The first-order valence-electron chi connectivity index (χ1n) is 8.53. The van der Waals surface area contributed by atoms with Gasteiger partial charge in [-0.2, -0.15) is 10.2 Å². The molecule has 27 heavy (non-hydrogen) atoms.